The number of rotatable bonds is 6. The van der Waals surface area contributed by atoms with Crippen LogP contribution in [-0.4, -0.2) is 60.5 Å². The van der Waals surface area contributed by atoms with Crippen molar-refractivity contribution in [3.63, 3.8) is 0 Å². The first-order valence-corrected chi connectivity index (χ1v) is 9.29. The second kappa shape index (κ2) is 8.92. The van der Waals surface area contributed by atoms with Gasteiger partial charge >= 0.3 is 0 Å². The third-order valence-corrected chi connectivity index (χ3v) is 5.10. The summed E-state index contributed by atoms with van der Waals surface area (Å²) in [6.07, 6.45) is 4.07. The van der Waals surface area contributed by atoms with E-state index in [0.29, 0.717) is 6.42 Å². The van der Waals surface area contributed by atoms with Crippen molar-refractivity contribution in [3.8, 4) is 0 Å². The number of likely N-dealkylation sites (N-methyl/N-ethyl adjacent to an activating group) is 1. The number of pyridine rings is 1. The van der Waals surface area contributed by atoms with Crippen molar-refractivity contribution in [2.24, 2.45) is 0 Å². The molecule has 138 valence electrons. The minimum atomic E-state index is -0.140. The number of piperazine rings is 1. The highest BCUT2D eigenvalue weighted by Gasteiger charge is 2.20. The summed E-state index contributed by atoms with van der Waals surface area (Å²) in [6, 6.07) is 12.0. The van der Waals surface area contributed by atoms with Gasteiger partial charge < -0.3 is 15.1 Å². The molecule has 0 spiro atoms. The Kier molecular flexibility index (Phi) is 6.36. The Bertz CT molecular complexity index is 711. The number of nitrogens with one attached hydrogen (secondary N) is 1. The minimum absolute atomic E-state index is 0.0917. The first-order chi connectivity index (χ1) is 12.6. The van der Waals surface area contributed by atoms with Crippen LogP contribution in [0.15, 0.2) is 48.8 Å². The molecule has 1 N–H and O–H groups in total. The minimum Gasteiger partial charge on any atom is -0.345 e. The van der Waals surface area contributed by atoms with Gasteiger partial charge in [-0.25, -0.2) is 0 Å². The van der Waals surface area contributed by atoms with Crippen molar-refractivity contribution in [2.45, 2.75) is 19.4 Å². The zero-order valence-corrected chi connectivity index (χ0v) is 15.7. The van der Waals surface area contributed by atoms with E-state index in [1.54, 1.807) is 12.4 Å². The number of carbonyl (C=O) groups is 1. The van der Waals surface area contributed by atoms with Crippen LogP contribution in [0.3, 0.4) is 0 Å². The second-order valence-corrected chi connectivity index (χ2v) is 7.03. The molecule has 1 amide bonds. The van der Waals surface area contributed by atoms with Gasteiger partial charge in [-0.2, -0.15) is 0 Å². The third kappa shape index (κ3) is 4.90. The average Bonchev–Trinajstić information content (AvgIpc) is 2.67. The molecule has 0 radical (unpaired) electrons. The van der Waals surface area contributed by atoms with E-state index in [4.69, 9.17) is 0 Å². The summed E-state index contributed by atoms with van der Waals surface area (Å²) in [5.41, 5.74) is 3.36. The van der Waals surface area contributed by atoms with Crippen LogP contribution in [-0.2, 0) is 4.79 Å². The topological polar surface area (TPSA) is 48.5 Å². The van der Waals surface area contributed by atoms with Crippen molar-refractivity contribution in [1.82, 2.24) is 20.1 Å². The maximum absolute atomic E-state index is 12.7. The molecular weight excluding hydrogens is 324 g/mol. The first-order valence-electron chi connectivity index (χ1n) is 9.29. The third-order valence-electron chi connectivity index (χ3n) is 5.10. The van der Waals surface area contributed by atoms with E-state index in [1.807, 2.05) is 24.3 Å². The lowest BCUT2D eigenvalue weighted by Gasteiger charge is -2.32. The zero-order valence-electron chi connectivity index (χ0n) is 15.7. The molecule has 1 aromatic carbocycles. The second-order valence-electron chi connectivity index (χ2n) is 7.03. The Hall–Kier alpha value is -2.24. The Morgan fingerprint density at radius 1 is 1.12 bits per heavy atom. The van der Waals surface area contributed by atoms with Crippen LogP contribution in [0.1, 0.15) is 29.2 Å². The molecular formula is C21H28N4O. The van der Waals surface area contributed by atoms with Gasteiger partial charge in [0.05, 0.1) is 6.04 Å². The molecule has 0 bridgehead atoms. The van der Waals surface area contributed by atoms with Crippen LogP contribution in [0.4, 0.5) is 0 Å². The fourth-order valence-corrected chi connectivity index (χ4v) is 3.37. The van der Waals surface area contributed by atoms with Gasteiger partial charge in [0.2, 0.25) is 5.91 Å². The van der Waals surface area contributed by atoms with Crippen LogP contribution < -0.4 is 5.32 Å². The molecule has 3 rings (SSSR count). The van der Waals surface area contributed by atoms with Gasteiger partial charge in [0.15, 0.2) is 0 Å². The molecule has 5 heteroatoms. The highest BCUT2D eigenvalue weighted by Crippen LogP contribution is 2.24. The molecule has 5 nitrogen and oxygen atoms in total. The number of hydrogen-bond donors (Lipinski definition) is 1. The Morgan fingerprint density at radius 2 is 1.81 bits per heavy atom. The fourth-order valence-electron chi connectivity index (χ4n) is 3.37. The number of hydrogen-bond acceptors (Lipinski definition) is 4. The van der Waals surface area contributed by atoms with Crippen molar-refractivity contribution in [2.75, 3.05) is 39.8 Å². The number of benzene rings is 1. The molecule has 2 aromatic rings. The van der Waals surface area contributed by atoms with E-state index in [1.165, 1.54) is 5.56 Å². The van der Waals surface area contributed by atoms with Gasteiger partial charge in [-0.1, -0.05) is 24.3 Å². The molecule has 1 atom stereocenters. The molecule has 1 aromatic heterocycles. The van der Waals surface area contributed by atoms with E-state index in [2.05, 4.69) is 46.2 Å². The van der Waals surface area contributed by atoms with Crippen LogP contribution in [0.25, 0.3) is 0 Å². The summed E-state index contributed by atoms with van der Waals surface area (Å²) in [7, 11) is 2.14. The lowest BCUT2D eigenvalue weighted by Crippen LogP contribution is -2.45. The van der Waals surface area contributed by atoms with E-state index < -0.39 is 0 Å². The molecule has 2 heterocycles. The highest BCUT2D eigenvalue weighted by atomic mass is 16.1. The predicted molar refractivity (Wildman–Crippen MR) is 104 cm³/mol. The van der Waals surface area contributed by atoms with Crippen LogP contribution in [0.2, 0.25) is 0 Å². The lowest BCUT2D eigenvalue weighted by atomic mass is 9.95. The molecule has 1 saturated heterocycles. The van der Waals surface area contributed by atoms with E-state index in [0.717, 1.165) is 43.9 Å². The smallest absolute Gasteiger partial charge is 0.222 e. The van der Waals surface area contributed by atoms with Crippen LogP contribution in [0.5, 0.6) is 0 Å². The maximum Gasteiger partial charge on any atom is 0.222 e. The molecule has 0 saturated carbocycles. The van der Waals surface area contributed by atoms with Crippen LogP contribution in [0, 0.1) is 6.92 Å². The molecule has 1 fully saturated rings. The summed E-state index contributed by atoms with van der Waals surface area (Å²) < 4.78 is 0. The first kappa shape index (κ1) is 18.5. The molecule has 1 aliphatic rings. The Balaban J connectivity index is 1.66. The van der Waals surface area contributed by atoms with Crippen LogP contribution >= 0.6 is 0 Å². The van der Waals surface area contributed by atoms with Crippen molar-refractivity contribution < 1.29 is 4.79 Å². The normalized spacial score (nSPS) is 17.0. The van der Waals surface area contributed by atoms with Gasteiger partial charge in [-0.05, 0) is 42.8 Å². The molecule has 1 aliphatic heterocycles. The maximum atomic E-state index is 12.7. The van der Waals surface area contributed by atoms with Gasteiger partial charge in [-0.3, -0.25) is 9.78 Å². The number of aryl methyl sites for hydroxylation is 1. The van der Waals surface area contributed by atoms with Gasteiger partial charge in [-0.15, -0.1) is 0 Å². The largest absolute Gasteiger partial charge is 0.345 e. The van der Waals surface area contributed by atoms with Crippen molar-refractivity contribution in [3.05, 3.63) is 65.5 Å². The van der Waals surface area contributed by atoms with Gasteiger partial charge in [0.25, 0.3) is 0 Å². The fraction of sp³-hybridized carbons (Fsp3) is 0.429. The van der Waals surface area contributed by atoms with E-state index >= 15 is 0 Å². The summed E-state index contributed by atoms with van der Waals surface area (Å²) >= 11 is 0. The number of nitrogens with zero attached hydrogens (tertiary/aromatic N) is 3. The average molecular weight is 352 g/mol. The predicted octanol–water partition coefficient (Wildman–Crippen LogP) is 2.23. The highest BCUT2D eigenvalue weighted by molar-refractivity contribution is 5.77. The van der Waals surface area contributed by atoms with Gasteiger partial charge in [0, 0.05) is 51.5 Å². The summed E-state index contributed by atoms with van der Waals surface area (Å²) in [5.74, 6) is 0.0917. The Labute approximate surface area is 156 Å². The van der Waals surface area contributed by atoms with E-state index in [-0.39, 0.29) is 11.9 Å². The van der Waals surface area contributed by atoms with Crippen molar-refractivity contribution in [1.29, 1.82) is 0 Å². The zero-order chi connectivity index (χ0) is 18.4. The van der Waals surface area contributed by atoms with E-state index in [9.17, 15) is 4.79 Å². The summed E-state index contributed by atoms with van der Waals surface area (Å²) in [6.45, 7) is 7.12. The Morgan fingerprint density at radius 3 is 2.50 bits per heavy atom. The van der Waals surface area contributed by atoms with Gasteiger partial charge in [0.1, 0.15) is 0 Å². The standard InChI is InChI=1S/C21H28N4O/c1-17-5-3-4-6-19(17)21(18-7-10-22-11-8-18)23-20(26)9-12-25-15-13-24(2)14-16-25/h3-8,10-11,21H,9,12-16H2,1-2H3,(H,23,26)/t21-/m0/s1. The number of carbonyl (C=O) groups excluding carboxylic acids is 1. The monoisotopic (exact) mass is 352 g/mol. The molecule has 0 aliphatic carbocycles. The number of aromatic nitrogens is 1. The number of amides is 1. The quantitative estimate of drug-likeness (QED) is 0.866. The molecule has 26 heavy (non-hydrogen) atoms. The molecule has 0 unspecified atom stereocenters. The summed E-state index contributed by atoms with van der Waals surface area (Å²) in [5, 5.41) is 3.23. The lowest BCUT2D eigenvalue weighted by molar-refractivity contribution is -0.122. The van der Waals surface area contributed by atoms with Crippen molar-refractivity contribution >= 4 is 5.91 Å². The summed E-state index contributed by atoms with van der Waals surface area (Å²) in [4.78, 5) is 21.5. The SMILES string of the molecule is Cc1ccccc1[C@@H](NC(=O)CCN1CCN(C)CC1)c1ccncc1.